The van der Waals surface area contributed by atoms with Crippen LogP contribution in [0, 0.1) is 5.82 Å². The van der Waals surface area contributed by atoms with Crippen LogP contribution in [-0.4, -0.2) is 43.0 Å². The van der Waals surface area contributed by atoms with Crippen molar-refractivity contribution in [1.82, 2.24) is 4.90 Å². The molecule has 1 unspecified atom stereocenters. The van der Waals surface area contributed by atoms with Crippen LogP contribution in [0.15, 0.2) is 24.3 Å². The molecule has 19 heavy (non-hydrogen) atoms. The van der Waals surface area contributed by atoms with E-state index >= 15 is 0 Å². The fourth-order valence-corrected chi connectivity index (χ4v) is 2.38. The highest BCUT2D eigenvalue weighted by molar-refractivity contribution is 5.82. The summed E-state index contributed by atoms with van der Waals surface area (Å²) < 4.78 is 19.0. The third-order valence-corrected chi connectivity index (χ3v) is 3.28. The molecule has 0 aliphatic carbocycles. The van der Waals surface area contributed by atoms with Crippen LogP contribution in [0.1, 0.15) is 18.9 Å². The molecular formula is C15H20FNO2. The smallest absolute Gasteiger partial charge is 0.151 e. The van der Waals surface area contributed by atoms with Gasteiger partial charge in [-0.05, 0) is 25.0 Å². The molecule has 0 spiro atoms. The van der Waals surface area contributed by atoms with E-state index in [-0.39, 0.29) is 24.1 Å². The fourth-order valence-electron chi connectivity index (χ4n) is 2.38. The van der Waals surface area contributed by atoms with E-state index in [4.69, 9.17) is 4.74 Å². The highest BCUT2D eigenvalue weighted by atomic mass is 19.1. The minimum atomic E-state index is -0.302. The third kappa shape index (κ3) is 4.40. The van der Waals surface area contributed by atoms with Gasteiger partial charge in [-0.25, -0.2) is 4.39 Å². The van der Waals surface area contributed by atoms with Crippen molar-refractivity contribution in [3.05, 3.63) is 35.6 Å². The molecule has 1 aliphatic rings. The first-order valence-electron chi connectivity index (χ1n) is 6.74. The van der Waals surface area contributed by atoms with E-state index in [1.807, 2.05) is 6.92 Å². The first-order chi connectivity index (χ1) is 9.15. The summed E-state index contributed by atoms with van der Waals surface area (Å²) in [5.41, 5.74) is 0.478. The number of hydrogen-bond donors (Lipinski definition) is 0. The maximum absolute atomic E-state index is 13.5. The predicted octanol–water partition coefficient (Wildman–Crippen LogP) is 2.05. The summed E-state index contributed by atoms with van der Waals surface area (Å²) >= 11 is 0. The standard InChI is InChI=1S/C15H20FNO2/c1-12-10-17(7-4-8-19-12)11-14(18)9-13-5-2-3-6-15(13)16/h2-3,5-6,12H,4,7-11H2,1H3. The van der Waals surface area contributed by atoms with E-state index in [1.165, 1.54) is 6.07 Å². The summed E-state index contributed by atoms with van der Waals surface area (Å²) in [6.07, 6.45) is 1.26. The van der Waals surface area contributed by atoms with E-state index in [1.54, 1.807) is 18.2 Å². The fraction of sp³-hybridized carbons (Fsp3) is 0.533. The lowest BCUT2D eigenvalue weighted by molar-refractivity contribution is -0.119. The number of ketones is 1. The molecule has 2 rings (SSSR count). The van der Waals surface area contributed by atoms with Crippen LogP contribution in [0.5, 0.6) is 0 Å². The molecule has 0 bridgehead atoms. The number of hydrogen-bond acceptors (Lipinski definition) is 3. The molecular weight excluding hydrogens is 245 g/mol. The molecule has 1 atom stereocenters. The summed E-state index contributed by atoms with van der Waals surface area (Å²) in [7, 11) is 0. The number of benzene rings is 1. The highest BCUT2D eigenvalue weighted by Crippen LogP contribution is 2.09. The van der Waals surface area contributed by atoms with Crippen LogP contribution in [-0.2, 0) is 16.0 Å². The van der Waals surface area contributed by atoms with Crippen LogP contribution in [0.25, 0.3) is 0 Å². The molecule has 1 saturated heterocycles. The summed E-state index contributed by atoms with van der Waals surface area (Å²) in [4.78, 5) is 14.1. The summed E-state index contributed by atoms with van der Waals surface area (Å²) in [6.45, 7) is 4.78. The zero-order chi connectivity index (χ0) is 13.7. The van der Waals surface area contributed by atoms with Gasteiger partial charge < -0.3 is 4.74 Å². The van der Waals surface area contributed by atoms with Crippen LogP contribution in [0.3, 0.4) is 0 Å². The highest BCUT2D eigenvalue weighted by Gasteiger charge is 2.18. The number of Topliss-reactive ketones (excluding diaryl/α,β-unsaturated/α-hetero) is 1. The molecule has 0 aromatic heterocycles. The lowest BCUT2D eigenvalue weighted by Gasteiger charge is -2.20. The van der Waals surface area contributed by atoms with Crippen molar-refractivity contribution in [1.29, 1.82) is 0 Å². The number of ether oxygens (including phenoxy) is 1. The Kier molecular flexibility index (Phi) is 5.05. The van der Waals surface area contributed by atoms with Crippen LogP contribution >= 0.6 is 0 Å². The van der Waals surface area contributed by atoms with E-state index in [2.05, 4.69) is 4.90 Å². The second-order valence-corrected chi connectivity index (χ2v) is 5.08. The number of carbonyl (C=O) groups is 1. The quantitative estimate of drug-likeness (QED) is 0.834. The molecule has 0 amide bonds. The summed E-state index contributed by atoms with van der Waals surface area (Å²) in [5, 5.41) is 0. The van der Waals surface area contributed by atoms with E-state index < -0.39 is 0 Å². The zero-order valence-electron chi connectivity index (χ0n) is 11.3. The first-order valence-corrected chi connectivity index (χ1v) is 6.74. The predicted molar refractivity (Wildman–Crippen MR) is 71.6 cm³/mol. The molecule has 1 aromatic carbocycles. The van der Waals surface area contributed by atoms with Gasteiger partial charge in [0.2, 0.25) is 0 Å². The average Bonchev–Trinajstić information content (AvgIpc) is 2.56. The van der Waals surface area contributed by atoms with E-state index in [0.717, 1.165) is 26.1 Å². The number of halogens is 1. The number of nitrogens with zero attached hydrogens (tertiary/aromatic N) is 1. The van der Waals surface area contributed by atoms with Gasteiger partial charge in [0, 0.05) is 26.1 Å². The van der Waals surface area contributed by atoms with Gasteiger partial charge in [-0.2, -0.15) is 0 Å². The van der Waals surface area contributed by atoms with Crippen molar-refractivity contribution in [3.63, 3.8) is 0 Å². The Balaban J connectivity index is 1.88. The molecule has 4 heteroatoms. The van der Waals surface area contributed by atoms with Crippen molar-refractivity contribution >= 4 is 5.78 Å². The van der Waals surface area contributed by atoms with Gasteiger partial charge in [0.25, 0.3) is 0 Å². The molecule has 3 nitrogen and oxygen atoms in total. The Hall–Kier alpha value is -1.26. The zero-order valence-corrected chi connectivity index (χ0v) is 11.3. The van der Waals surface area contributed by atoms with E-state index in [0.29, 0.717) is 12.1 Å². The lowest BCUT2D eigenvalue weighted by atomic mass is 10.1. The molecule has 1 aromatic rings. The maximum atomic E-state index is 13.5. The molecule has 1 aliphatic heterocycles. The van der Waals surface area contributed by atoms with Crippen molar-refractivity contribution in [2.24, 2.45) is 0 Å². The Labute approximate surface area is 113 Å². The minimum absolute atomic E-state index is 0.0548. The van der Waals surface area contributed by atoms with Gasteiger partial charge in [-0.15, -0.1) is 0 Å². The van der Waals surface area contributed by atoms with Crippen LogP contribution < -0.4 is 0 Å². The van der Waals surface area contributed by atoms with Crippen molar-refractivity contribution in [3.8, 4) is 0 Å². The minimum Gasteiger partial charge on any atom is -0.377 e. The van der Waals surface area contributed by atoms with Crippen molar-refractivity contribution < 1.29 is 13.9 Å². The summed E-state index contributed by atoms with van der Waals surface area (Å²) in [5.74, 6) is -0.248. The lowest BCUT2D eigenvalue weighted by Crippen LogP contribution is -2.35. The number of carbonyl (C=O) groups excluding carboxylic acids is 1. The second kappa shape index (κ2) is 6.78. The topological polar surface area (TPSA) is 29.5 Å². The molecule has 0 radical (unpaired) electrons. The van der Waals surface area contributed by atoms with Crippen molar-refractivity contribution in [2.45, 2.75) is 25.9 Å². The van der Waals surface area contributed by atoms with Crippen LogP contribution in [0.4, 0.5) is 4.39 Å². The third-order valence-electron chi connectivity index (χ3n) is 3.28. The molecule has 1 heterocycles. The SMILES string of the molecule is CC1CN(CC(=O)Cc2ccccc2F)CCCO1. The Morgan fingerprint density at radius 1 is 1.47 bits per heavy atom. The van der Waals surface area contributed by atoms with Gasteiger partial charge in [0.1, 0.15) is 5.82 Å². The second-order valence-electron chi connectivity index (χ2n) is 5.08. The van der Waals surface area contributed by atoms with Gasteiger partial charge in [0.05, 0.1) is 12.6 Å². The Morgan fingerprint density at radius 2 is 2.26 bits per heavy atom. The van der Waals surface area contributed by atoms with Gasteiger partial charge >= 0.3 is 0 Å². The maximum Gasteiger partial charge on any atom is 0.151 e. The van der Waals surface area contributed by atoms with Gasteiger partial charge in [-0.1, -0.05) is 18.2 Å². The molecule has 104 valence electrons. The molecule has 1 fully saturated rings. The first kappa shape index (κ1) is 14.2. The largest absolute Gasteiger partial charge is 0.377 e. The summed E-state index contributed by atoms with van der Waals surface area (Å²) in [6, 6.07) is 6.45. The average molecular weight is 265 g/mol. The van der Waals surface area contributed by atoms with Crippen LogP contribution in [0.2, 0.25) is 0 Å². The normalized spacial score (nSPS) is 21.1. The molecule has 0 saturated carbocycles. The monoisotopic (exact) mass is 265 g/mol. The Morgan fingerprint density at radius 3 is 3.05 bits per heavy atom. The van der Waals surface area contributed by atoms with E-state index in [9.17, 15) is 9.18 Å². The van der Waals surface area contributed by atoms with Gasteiger partial charge in [0.15, 0.2) is 5.78 Å². The Bertz CT molecular complexity index is 436. The number of rotatable bonds is 4. The van der Waals surface area contributed by atoms with Crippen molar-refractivity contribution in [2.75, 3.05) is 26.2 Å². The van der Waals surface area contributed by atoms with Gasteiger partial charge in [-0.3, -0.25) is 9.69 Å². The molecule has 0 N–H and O–H groups in total.